The molecule has 0 saturated heterocycles. The van der Waals surface area contributed by atoms with Gasteiger partial charge in [-0.15, -0.1) is 0 Å². The molecule has 1 heterocycles. The van der Waals surface area contributed by atoms with E-state index in [0.717, 1.165) is 5.71 Å². The molecule has 0 atom stereocenters. The SMILES string of the molecule is CC1=NN(c2cccc(NC(=O)CC#N)c2)C(=O)C1. The first-order chi connectivity index (χ1) is 9.10. The summed E-state index contributed by atoms with van der Waals surface area (Å²) in [6, 6.07) is 8.56. The van der Waals surface area contributed by atoms with Crippen molar-refractivity contribution < 1.29 is 9.59 Å². The molecule has 1 aliphatic rings. The maximum Gasteiger partial charge on any atom is 0.253 e. The Labute approximate surface area is 110 Å². The van der Waals surface area contributed by atoms with Gasteiger partial charge >= 0.3 is 0 Å². The molecule has 2 amide bonds. The molecule has 1 aromatic carbocycles. The fraction of sp³-hybridized carbons (Fsp3) is 0.231. The summed E-state index contributed by atoms with van der Waals surface area (Å²) < 4.78 is 0. The average molecular weight is 256 g/mol. The third-order valence-electron chi connectivity index (χ3n) is 2.53. The molecular weight excluding hydrogens is 244 g/mol. The number of hydrazone groups is 1. The van der Waals surface area contributed by atoms with Gasteiger partial charge in [0, 0.05) is 11.4 Å². The van der Waals surface area contributed by atoms with Gasteiger partial charge in [0.1, 0.15) is 6.42 Å². The maximum absolute atomic E-state index is 11.7. The topological polar surface area (TPSA) is 85.6 Å². The van der Waals surface area contributed by atoms with Gasteiger partial charge in [0.05, 0.1) is 18.2 Å². The molecule has 0 spiro atoms. The number of carbonyl (C=O) groups is 2. The van der Waals surface area contributed by atoms with Gasteiger partial charge in [-0.05, 0) is 25.1 Å². The minimum absolute atomic E-state index is 0.0991. The number of hydrogen-bond acceptors (Lipinski definition) is 4. The molecule has 1 N–H and O–H groups in total. The molecule has 0 bridgehead atoms. The molecule has 1 aliphatic heterocycles. The van der Waals surface area contributed by atoms with E-state index in [-0.39, 0.29) is 18.2 Å². The van der Waals surface area contributed by atoms with E-state index in [9.17, 15) is 9.59 Å². The number of nitrogens with one attached hydrogen (secondary N) is 1. The normalized spacial score (nSPS) is 14.0. The van der Waals surface area contributed by atoms with Crippen molar-refractivity contribution in [3.05, 3.63) is 24.3 Å². The van der Waals surface area contributed by atoms with Crippen LogP contribution in [0.15, 0.2) is 29.4 Å². The summed E-state index contributed by atoms with van der Waals surface area (Å²) in [6.45, 7) is 1.79. The van der Waals surface area contributed by atoms with Crippen molar-refractivity contribution in [1.29, 1.82) is 5.26 Å². The van der Waals surface area contributed by atoms with Gasteiger partial charge in [-0.1, -0.05) is 6.07 Å². The molecule has 0 fully saturated rings. The Morgan fingerprint density at radius 1 is 1.58 bits per heavy atom. The molecule has 0 aromatic heterocycles. The van der Waals surface area contributed by atoms with Gasteiger partial charge < -0.3 is 5.32 Å². The third kappa shape index (κ3) is 2.96. The van der Waals surface area contributed by atoms with Crippen molar-refractivity contribution in [2.24, 2.45) is 5.10 Å². The number of rotatable bonds is 3. The Kier molecular flexibility index (Phi) is 3.57. The predicted octanol–water partition coefficient (Wildman–Crippen LogP) is 1.65. The molecule has 6 nitrogen and oxygen atoms in total. The quantitative estimate of drug-likeness (QED) is 0.892. The average Bonchev–Trinajstić information content (AvgIpc) is 2.69. The lowest BCUT2D eigenvalue weighted by atomic mass is 10.2. The van der Waals surface area contributed by atoms with Crippen molar-refractivity contribution >= 4 is 28.9 Å². The fourth-order valence-corrected chi connectivity index (χ4v) is 1.75. The molecule has 0 unspecified atom stereocenters. The number of amides is 2. The van der Waals surface area contributed by atoms with Crippen LogP contribution in [-0.4, -0.2) is 17.5 Å². The Morgan fingerprint density at radius 3 is 3.00 bits per heavy atom. The van der Waals surface area contributed by atoms with Crippen LogP contribution in [0.4, 0.5) is 11.4 Å². The van der Waals surface area contributed by atoms with Gasteiger partial charge in [-0.3, -0.25) is 9.59 Å². The van der Waals surface area contributed by atoms with Crippen LogP contribution in [0.25, 0.3) is 0 Å². The van der Waals surface area contributed by atoms with Gasteiger partial charge in [0.2, 0.25) is 5.91 Å². The highest BCUT2D eigenvalue weighted by atomic mass is 16.2. The third-order valence-corrected chi connectivity index (χ3v) is 2.53. The molecule has 96 valence electrons. The Balaban J connectivity index is 2.18. The van der Waals surface area contributed by atoms with Crippen LogP contribution in [0.3, 0.4) is 0 Å². The van der Waals surface area contributed by atoms with Gasteiger partial charge in [-0.25, -0.2) is 5.01 Å². The minimum atomic E-state index is -0.382. The lowest BCUT2D eigenvalue weighted by molar-refractivity contribution is -0.117. The molecule has 2 rings (SSSR count). The summed E-state index contributed by atoms with van der Waals surface area (Å²) in [4.78, 5) is 23.0. The van der Waals surface area contributed by atoms with E-state index in [1.807, 2.05) is 0 Å². The zero-order chi connectivity index (χ0) is 13.8. The fourth-order valence-electron chi connectivity index (χ4n) is 1.75. The van der Waals surface area contributed by atoms with Crippen LogP contribution in [0.1, 0.15) is 19.8 Å². The number of nitrogens with zero attached hydrogens (tertiary/aromatic N) is 3. The number of nitriles is 1. The lowest BCUT2D eigenvalue weighted by Gasteiger charge is -2.13. The molecule has 0 saturated carbocycles. The van der Waals surface area contributed by atoms with E-state index in [2.05, 4.69) is 10.4 Å². The maximum atomic E-state index is 11.7. The highest BCUT2D eigenvalue weighted by Gasteiger charge is 2.22. The molecule has 1 aromatic rings. The van der Waals surface area contributed by atoms with Crippen LogP contribution in [-0.2, 0) is 9.59 Å². The van der Waals surface area contributed by atoms with Gasteiger partial charge in [0.25, 0.3) is 5.91 Å². The van der Waals surface area contributed by atoms with E-state index in [1.165, 1.54) is 5.01 Å². The summed E-state index contributed by atoms with van der Waals surface area (Å²) in [5.74, 6) is -0.481. The van der Waals surface area contributed by atoms with Crippen LogP contribution in [0.2, 0.25) is 0 Å². The molecule has 19 heavy (non-hydrogen) atoms. The largest absolute Gasteiger partial charge is 0.325 e. The molecule has 6 heteroatoms. The Morgan fingerprint density at radius 2 is 2.37 bits per heavy atom. The van der Waals surface area contributed by atoms with Crippen molar-refractivity contribution in [3.8, 4) is 6.07 Å². The first kappa shape index (κ1) is 12.8. The second kappa shape index (κ2) is 5.31. The predicted molar refractivity (Wildman–Crippen MR) is 70.5 cm³/mol. The van der Waals surface area contributed by atoms with Crippen LogP contribution in [0, 0.1) is 11.3 Å². The molecule has 0 aliphatic carbocycles. The molecule has 0 radical (unpaired) electrons. The summed E-state index contributed by atoms with van der Waals surface area (Å²) >= 11 is 0. The van der Waals surface area contributed by atoms with E-state index in [0.29, 0.717) is 17.8 Å². The summed E-state index contributed by atoms with van der Waals surface area (Å²) in [6.07, 6.45) is 0.106. The number of anilines is 2. The van der Waals surface area contributed by atoms with Crippen molar-refractivity contribution in [1.82, 2.24) is 0 Å². The number of benzene rings is 1. The number of carbonyl (C=O) groups excluding carboxylic acids is 2. The summed E-state index contributed by atoms with van der Waals surface area (Å²) in [5, 5.41) is 16.5. The smallest absolute Gasteiger partial charge is 0.253 e. The summed E-state index contributed by atoms with van der Waals surface area (Å²) in [5.41, 5.74) is 1.88. The van der Waals surface area contributed by atoms with Crippen molar-refractivity contribution in [2.75, 3.05) is 10.3 Å². The van der Waals surface area contributed by atoms with E-state index < -0.39 is 0 Å². The first-order valence-corrected chi connectivity index (χ1v) is 5.74. The number of hydrogen-bond donors (Lipinski definition) is 1. The monoisotopic (exact) mass is 256 g/mol. The van der Waals surface area contributed by atoms with E-state index in [1.54, 1.807) is 37.3 Å². The van der Waals surface area contributed by atoms with Crippen LogP contribution >= 0.6 is 0 Å². The van der Waals surface area contributed by atoms with E-state index >= 15 is 0 Å². The highest BCUT2D eigenvalue weighted by molar-refractivity contribution is 6.12. The van der Waals surface area contributed by atoms with Crippen LogP contribution in [0.5, 0.6) is 0 Å². The standard InChI is InChI=1S/C13H12N4O2/c1-9-7-13(19)17(16-9)11-4-2-3-10(8-11)15-12(18)5-6-14/h2-4,8H,5,7H2,1H3,(H,15,18). The lowest BCUT2D eigenvalue weighted by Crippen LogP contribution is -2.19. The van der Waals surface area contributed by atoms with Crippen molar-refractivity contribution in [3.63, 3.8) is 0 Å². The Bertz CT molecular complexity index is 601. The second-order valence-corrected chi connectivity index (χ2v) is 4.15. The zero-order valence-corrected chi connectivity index (χ0v) is 10.4. The van der Waals surface area contributed by atoms with E-state index in [4.69, 9.17) is 5.26 Å². The minimum Gasteiger partial charge on any atom is -0.325 e. The Hall–Kier alpha value is -2.68. The van der Waals surface area contributed by atoms with Crippen molar-refractivity contribution in [2.45, 2.75) is 19.8 Å². The van der Waals surface area contributed by atoms with Gasteiger partial charge in [-0.2, -0.15) is 10.4 Å². The summed E-state index contributed by atoms with van der Waals surface area (Å²) in [7, 11) is 0. The second-order valence-electron chi connectivity index (χ2n) is 4.15. The van der Waals surface area contributed by atoms with Crippen LogP contribution < -0.4 is 10.3 Å². The zero-order valence-electron chi connectivity index (χ0n) is 10.4. The van der Waals surface area contributed by atoms with Gasteiger partial charge in [0.15, 0.2) is 0 Å². The highest BCUT2D eigenvalue weighted by Crippen LogP contribution is 2.23. The molecular formula is C13H12N4O2. The first-order valence-electron chi connectivity index (χ1n) is 5.74.